The van der Waals surface area contributed by atoms with Gasteiger partial charge in [-0.1, -0.05) is 35.2 Å². The zero-order valence-electron chi connectivity index (χ0n) is 11.0. The summed E-state index contributed by atoms with van der Waals surface area (Å²) in [6, 6.07) is 8.08. The third-order valence-corrected chi connectivity index (χ3v) is 4.28. The highest BCUT2D eigenvalue weighted by molar-refractivity contribution is 8.01. The minimum absolute atomic E-state index is 0.671. The molecule has 0 bridgehead atoms. The molecule has 2 rings (SSSR count). The van der Waals surface area contributed by atoms with Crippen LogP contribution in [0.15, 0.2) is 28.6 Å². The highest BCUT2D eigenvalue weighted by atomic mass is 32.2. The Kier molecular flexibility index (Phi) is 5.47. The topological polar surface area (TPSA) is 47.0 Å². The summed E-state index contributed by atoms with van der Waals surface area (Å²) in [6.07, 6.45) is 0. The molecule has 0 unspecified atom stereocenters. The molecule has 102 valence electrons. The van der Waals surface area contributed by atoms with Crippen molar-refractivity contribution in [2.24, 2.45) is 0 Å². The summed E-state index contributed by atoms with van der Waals surface area (Å²) in [5, 5.41) is 12.2. The van der Waals surface area contributed by atoms with Crippen LogP contribution >= 0.6 is 23.1 Å². The van der Waals surface area contributed by atoms with Gasteiger partial charge in [-0.05, 0) is 31.5 Å². The first-order valence-electron chi connectivity index (χ1n) is 6.17. The number of benzene rings is 1. The Labute approximate surface area is 121 Å². The molecule has 19 heavy (non-hydrogen) atoms. The van der Waals surface area contributed by atoms with Gasteiger partial charge in [0.05, 0.1) is 6.61 Å². The Balaban J connectivity index is 1.71. The molecule has 0 aliphatic heterocycles. The van der Waals surface area contributed by atoms with Gasteiger partial charge in [-0.3, -0.25) is 0 Å². The summed E-state index contributed by atoms with van der Waals surface area (Å²) in [5.41, 5.74) is 1.21. The minimum atomic E-state index is 0.671. The van der Waals surface area contributed by atoms with Gasteiger partial charge in [-0.2, -0.15) is 0 Å². The summed E-state index contributed by atoms with van der Waals surface area (Å²) < 4.78 is 6.66. The van der Waals surface area contributed by atoms with E-state index in [2.05, 4.69) is 28.5 Å². The highest BCUT2D eigenvalue weighted by Crippen LogP contribution is 2.25. The van der Waals surface area contributed by atoms with Crippen LogP contribution in [-0.2, 0) is 0 Å². The molecule has 0 amide bonds. The second-order valence-corrected chi connectivity index (χ2v) is 6.24. The van der Waals surface area contributed by atoms with E-state index in [1.54, 1.807) is 23.1 Å². The van der Waals surface area contributed by atoms with E-state index in [-0.39, 0.29) is 0 Å². The Morgan fingerprint density at radius 1 is 1.37 bits per heavy atom. The fraction of sp³-hybridized carbons (Fsp3) is 0.385. The molecule has 0 aliphatic rings. The fourth-order valence-corrected chi connectivity index (χ4v) is 3.19. The molecule has 6 heteroatoms. The number of rotatable bonds is 7. The monoisotopic (exact) mass is 295 g/mol. The van der Waals surface area contributed by atoms with E-state index in [0.29, 0.717) is 6.61 Å². The number of hydrogen-bond donors (Lipinski definition) is 1. The van der Waals surface area contributed by atoms with Gasteiger partial charge in [0.2, 0.25) is 5.13 Å². The Bertz CT molecular complexity index is 516. The molecule has 0 saturated heterocycles. The first-order chi connectivity index (χ1) is 9.28. The van der Waals surface area contributed by atoms with Crippen LogP contribution < -0.4 is 10.1 Å². The SMILES string of the molecule is CCNc1nnc(SCCOc2cccc(C)c2)s1. The predicted molar refractivity (Wildman–Crippen MR) is 81.5 cm³/mol. The molecular formula is C13H17N3OS2. The van der Waals surface area contributed by atoms with Crippen molar-refractivity contribution in [3.8, 4) is 5.75 Å². The summed E-state index contributed by atoms with van der Waals surface area (Å²) >= 11 is 3.25. The van der Waals surface area contributed by atoms with E-state index >= 15 is 0 Å². The van der Waals surface area contributed by atoms with Crippen molar-refractivity contribution in [3.05, 3.63) is 29.8 Å². The molecule has 1 aromatic carbocycles. The number of aryl methyl sites for hydroxylation is 1. The number of anilines is 1. The Morgan fingerprint density at radius 3 is 3.05 bits per heavy atom. The summed E-state index contributed by atoms with van der Waals surface area (Å²) in [5.74, 6) is 1.79. The van der Waals surface area contributed by atoms with Gasteiger partial charge >= 0.3 is 0 Å². The van der Waals surface area contributed by atoms with Crippen LogP contribution in [-0.4, -0.2) is 29.1 Å². The van der Waals surface area contributed by atoms with E-state index < -0.39 is 0 Å². The molecule has 1 heterocycles. The van der Waals surface area contributed by atoms with Crippen LogP contribution in [0.25, 0.3) is 0 Å². The second-order valence-electron chi connectivity index (χ2n) is 3.92. The minimum Gasteiger partial charge on any atom is -0.493 e. The molecular weight excluding hydrogens is 278 g/mol. The lowest BCUT2D eigenvalue weighted by molar-refractivity contribution is 0.343. The van der Waals surface area contributed by atoms with Crippen LogP contribution in [0.5, 0.6) is 5.75 Å². The molecule has 0 fully saturated rings. The second kappa shape index (κ2) is 7.35. The summed E-state index contributed by atoms with van der Waals surface area (Å²) in [7, 11) is 0. The van der Waals surface area contributed by atoms with Crippen molar-refractivity contribution in [1.82, 2.24) is 10.2 Å². The van der Waals surface area contributed by atoms with E-state index in [1.807, 2.05) is 25.1 Å². The van der Waals surface area contributed by atoms with Gasteiger partial charge in [0.1, 0.15) is 5.75 Å². The lowest BCUT2D eigenvalue weighted by Gasteiger charge is -2.05. The standard InChI is InChI=1S/C13H17N3OS2/c1-3-14-12-15-16-13(19-12)18-8-7-17-11-6-4-5-10(2)9-11/h4-6,9H,3,7-8H2,1-2H3,(H,14,15). The predicted octanol–water partition coefficient (Wildman–Crippen LogP) is 3.45. The average Bonchev–Trinajstić information content (AvgIpc) is 2.83. The van der Waals surface area contributed by atoms with Gasteiger partial charge in [0, 0.05) is 12.3 Å². The first kappa shape index (κ1) is 14.1. The Hall–Kier alpha value is -1.27. The van der Waals surface area contributed by atoms with Crippen molar-refractivity contribution < 1.29 is 4.74 Å². The largest absolute Gasteiger partial charge is 0.493 e. The van der Waals surface area contributed by atoms with Crippen LogP contribution in [0.4, 0.5) is 5.13 Å². The van der Waals surface area contributed by atoms with Crippen LogP contribution in [0.1, 0.15) is 12.5 Å². The van der Waals surface area contributed by atoms with Gasteiger partial charge in [-0.15, -0.1) is 10.2 Å². The lowest BCUT2D eigenvalue weighted by atomic mass is 10.2. The number of thioether (sulfide) groups is 1. The maximum atomic E-state index is 5.68. The highest BCUT2D eigenvalue weighted by Gasteiger charge is 2.03. The van der Waals surface area contributed by atoms with E-state index in [0.717, 1.165) is 27.5 Å². The number of aromatic nitrogens is 2. The molecule has 1 N–H and O–H groups in total. The maximum Gasteiger partial charge on any atom is 0.206 e. The zero-order chi connectivity index (χ0) is 13.5. The van der Waals surface area contributed by atoms with E-state index in [9.17, 15) is 0 Å². The van der Waals surface area contributed by atoms with Crippen molar-refractivity contribution >= 4 is 28.2 Å². The Morgan fingerprint density at radius 2 is 2.26 bits per heavy atom. The average molecular weight is 295 g/mol. The van der Waals surface area contributed by atoms with Crippen molar-refractivity contribution in [1.29, 1.82) is 0 Å². The van der Waals surface area contributed by atoms with Crippen molar-refractivity contribution in [2.75, 3.05) is 24.2 Å². The summed E-state index contributed by atoms with van der Waals surface area (Å²) in [4.78, 5) is 0. The lowest BCUT2D eigenvalue weighted by Crippen LogP contribution is -1.99. The number of nitrogens with one attached hydrogen (secondary N) is 1. The van der Waals surface area contributed by atoms with Gasteiger partial charge in [0.25, 0.3) is 0 Å². The molecule has 0 radical (unpaired) electrons. The van der Waals surface area contributed by atoms with Crippen molar-refractivity contribution in [2.45, 2.75) is 18.2 Å². The fourth-order valence-electron chi connectivity index (χ4n) is 1.48. The van der Waals surface area contributed by atoms with Gasteiger partial charge in [0.15, 0.2) is 4.34 Å². The molecule has 0 aliphatic carbocycles. The quantitative estimate of drug-likeness (QED) is 0.626. The van der Waals surface area contributed by atoms with Crippen molar-refractivity contribution in [3.63, 3.8) is 0 Å². The molecule has 0 spiro atoms. The van der Waals surface area contributed by atoms with Crippen LogP contribution in [0.3, 0.4) is 0 Å². The molecule has 0 atom stereocenters. The molecule has 4 nitrogen and oxygen atoms in total. The van der Waals surface area contributed by atoms with Crippen LogP contribution in [0, 0.1) is 6.92 Å². The van der Waals surface area contributed by atoms with Gasteiger partial charge < -0.3 is 10.1 Å². The first-order valence-corrected chi connectivity index (χ1v) is 7.98. The maximum absolute atomic E-state index is 5.68. The smallest absolute Gasteiger partial charge is 0.206 e. The third-order valence-electron chi connectivity index (χ3n) is 2.30. The third kappa shape index (κ3) is 4.72. The normalized spacial score (nSPS) is 10.4. The molecule has 1 aromatic heterocycles. The van der Waals surface area contributed by atoms with Gasteiger partial charge in [-0.25, -0.2) is 0 Å². The molecule has 0 saturated carbocycles. The number of ether oxygens (including phenoxy) is 1. The molecule has 2 aromatic rings. The van der Waals surface area contributed by atoms with E-state index in [4.69, 9.17) is 4.74 Å². The van der Waals surface area contributed by atoms with E-state index in [1.165, 1.54) is 5.56 Å². The number of hydrogen-bond acceptors (Lipinski definition) is 6. The van der Waals surface area contributed by atoms with Crippen LogP contribution in [0.2, 0.25) is 0 Å². The zero-order valence-corrected chi connectivity index (χ0v) is 12.7. The number of nitrogens with zero attached hydrogens (tertiary/aromatic N) is 2. The summed E-state index contributed by atoms with van der Waals surface area (Å²) in [6.45, 7) is 5.65.